The second-order valence-electron chi connectivity index (χ2n) is 5.52. The fraction of sp³-hybridized carbons (Fsp3) is 0.222. The SMILES string of the molecule is COc1ccc(C(=O)O[C@@H](C)C(=O)Nc2ccc([N+](=O)[O-])cc2OC)c(F)c1. The number of nitrogens with zero attached hydrogens (tertiary/aromatic N) is 1. The van der Waals surface area contributed by atoms with E-state index in [0.717, 1.165) is 12.1 Å². The molecule has 2 aromatic rings. The summed E-state index contributed by atoms with van der Waals surface area (Å²) in [5.41, 5.74) is -0.422. The predicted octanol–water partition coefficient (Wildman–Crippen LogP) is 2.94. The van der Waals surface area contributed by atoms with E-state index in [-0.39, 0.29) is 28.4 Å². The van der Waals surface area contributed by atoms with Crippen LogP contribution in [0.2, 0.25) is 0 Å². The van der Waals surface area contributed by atoms with E-state index in [9.17, 15) is 24.1 Å². The van der Waals surface area contributed by atoms with Gasteiger partial charge in [-0.1, -0.05) is 0 Å². The maximum atomic E-state index is 13.9. The van der Waals surface area contributed by atoms with Crippen LogP contribution in [-0.2, 0) is 9.53 Å². The van der Waals surface area contributed by atoms with Crippen molar-refractivity contribution in [3.63, 3.8) is 0 Å². The molecule has 0 heterocycles. The number of carbonyl (C=O) groups is 2. The molecule has 0 aliphatic rings. The molecule has 1 amide bonds. The number of nitro benzene ring substituents is 1. The van der Waals surface area contributed by atoms with Gasteiger partial charge in [-0.25, -0.2) is 9.18 Å². The lowest BCUT2D eigenvalue weighted by Crippen LogP contribution is -2.30. The number of methoxy groups -OCH3 is 2. The molecular formula is C18H17FN2O7. The summed E-state index contributed by atoms with van der Waals surface area (Å²) in [6.07, 6.45) is -1.27. The Kier molecular flexibility index (Phi) is 6.48. The lowest BCUT2D eigenvalue weighted by atomic mass is 10.2. The van der Waals surface area contributed by atoms with Crippen LogP contribution >= 0.6 is 0 Å². The topological polar surface area (TPSA) is 117 Å². The van der Waals surface area contributed by atoms with E-state index in [4.69, 9.17) is 14.2 Å². The normalized spacial score (nSPS) is 11.3. The van der Waals surface area contributed by atoms with E-state index in [1.54, 1.807) is 0 Å². The van der Waals surface area contributed by atoms with E-state index in [2.05, 4.69) is 5.32 Å². The molecule has 0 bridgehead atoms. The molecule has 10 heteroatoms. The molecule has 2 aromatic carbocycles. The van der Waals surface area contributed by atoms with Gasteiger partial charge >= 0.3 is 5.97 Å². The number of halogens is 1. The molecule has 148 valence electrons. The number of hydrogen-bond acceptors (Lipinski definition) is 7. The Labute approximate surface area is 159 Å². The number of nitro groups is 1. The van der Waals surface area contributed by atoms with Crippen molar-refractivity contribution in [2.45, 2.75) is 13.0 Å². The number of anilines is 1. The van der Waals surface area contributed by atoms with Gasteiger partial charge in [0.25, 0.3) is 11.6 Å². The van der Waals surface area contributed by atoms with Gasteiger partial charge < -0.3 is 19.5 Å². The summed E-state index contributed by atoms with van der Waals surface area (Å²) in [7, 11) is 2.64. The lowest BCUT2D eigenvalue weighted by molar-refractivity contribution is -0.384. The molecular weight excluding hydrogens is 375 g/mol. The van der Waals surface area contributed by atoms with Gasteiger partial charge in [-0.05, 0) is 25.1 Å². The quantitative estimate of drug-likeness (QED) is 0.437. The number of carbonyl (C=O) groups excluding carboxylic acids is 2. The number of nitrogens with one attached hydrogen (secondary N) is 1. The van der Waals surface area contributed by atoms with Crippen LogP contribution in [0, 0.1) is 15.9 Å². The largest absolute Gasteiger partial charge is 0.497 e. The third-order valence-electron chi connectivity index (χ3n) is 3.70. The molecule has 0 aromatic heterocycles. The third-order valence-corrected chi connectivity index (χ3v) is 3.70. The Hall–Kier alpha value is -3.69. The van der Waals surface area contributed by atoms with Crippen LogP contribution in [0.1, 0.15) is 17.3 Å². The fourth-order valence-corrected chi connectivity index (χ4v) is 2.20. The van der Waals surface area contributed by atoms with Gasteiger partial charge in [-0.2, -0.15) is 0 Å². The molecule has 0 fully saturated rings. The number of esters is 1. The molecule has 28 heavy (non-hydrogen) atoms. The number of amides is 1. The number of ether oxygens (including phenoxy) is 3. The molecule has 0 saturated carbocycles. The molecule has 9 nitrogen and oxygen atoms in total. The van der Waals surface area contributed by atoms with Crippen LogP contribution in [0.4, 0.5) is 15.8 Å². The Morgan fingerprint density at radius 2 is 1.86 bits per heavy atom. The highest BCUT2D eigenvalue weighted by Gasteiger charge is 2.23. The monoisotopic (exact) mass is 392 g/mol. The van der Waals surface area contributed by atoms with E-state index >= 15 is 0 Å². The summed E-state index contributed by atoms with van der Waals surface area (Å²) in [5.74, 6) is -2.32. The molecule has 0 spiro atoms. The first kappa shape index (κ1) is 20.6. The van der Waals surface area contributed by atoms with Crippen LogP contribution in [0.25, 0.3) is 0 Å². The summed E-state index contributed by atoms with van der Waals surface area (Å²) in [5, 5.41) is 13.2. The van der Waals surface area contributed by atoms with Crippen molar-refractivity contribution < 1.29 is 33.1 Å². The smallest absolute Gasteiger partial charge is 0.341 e. The number of benzene rings is 2. The van der Waals surface area contributed by atoms with Gasteiger partial charge in [0.05, 0.1) is 36.5 Å². The van der Waals surface area contributed by atoms with Gasteiger partial charge in [-0.15, -0.1) is 0 Å². The fourth-order valence-electron chi connectivity index (χ4n) is 2.20. The van der Waals surface area contributed by atoms with Gasteiger partial charge in [0.1, 0.15) is 17.3 Å². The van der Waals surface area contributed by atoms with Crippen LogP contribution in [0.5, 0.6) is 11.5 Å². The molecule has 1 atom stereocenters. The van der Waals surface area contributed by atoms with Gasteiger partial charge in [-0.3, -0.25) is 14.9 Å². The first-order valence-electron chi connectivity index (χ1n) is 7.94. The second kappa shape index (κ2) is 8.80. The summed E-state index contributed by atoms with van der Waals surface area (Å²) < 4.78 is 28.8. The molecule has 0 unspecified atom stereocenters. The van der Waals surface area contributed by atoms with E-state index in [1.165, 1.54) is 45.4 Å². The molecule has 1 N–H and O–H groups in total. The van der Waals surface area contributed by atoms with Crippen molar-refractivity contribution >= 4 is 23.3 Å². The van der Waals surface area contributed by atoms with Crippen molar-refractivity contribution in [2.24, 2.45) is 0 Å². The van der Waals surface area contributed by atoms with Crippen molar-refractivity contribution in [2.75, 3.05) is 19.5 Å². The van der Waals surface area contributed by atoms with Crippen molar-refractivity contribution in [3.8, 4) is 11.5 Å². The molecule has 0 radical (unpaired) electrons. The van der Waals surface area contributed by atoms with Gasteiger partial charge in [0, 0.05) is 12.1 Å². The summed E-state index contributed by atoms with van der Waals surface area (Å²) in [6, 6.07) is 7.18. The average Bonchev–Trinajstić information content (AvgIpc) is 2.67. The highest BCUT2D eigenvalue weighted by molar-refractivity contribution is 5.98. The third kappa shape index (κ3) is 4.72. The van der Waals surface area contributed by atoms with Crippen LogP contribution in [-0.4, -0.2) is 37.1 Å². The standard InChI is InChI=1S/C18H17FN2O7/c1-10(28-18(23)13-6-5-12(26-2)9-14(13)19)17(22)20-15-7-4-11(21(24)25)8-16(15)27-3/h4-10H,1-3H3,(H,20,22)/t10-/m0/s1. The molecule has 0 aliphatic carbocycles. The zero-order valence-electron chi connectivity index (χ0n) is 15.2. The predicted molar refractivity (Wildman–Crippen MR) is 96.1 cm³/mol. The van der Waals surface area contributed by atoms with Crippen molar-refractivity contribution in [3.05, 3.63) is 57.9 Å². The number of hydrogen-bond donors (Lipinski definition) is 1. The minimum Gasteiger partial charge on any atom is -0.497 e. The van der Waals surface area contributed by atoms with E-state index < -0.39 is 28.7 Å². The number of non-ortho nitro benzene ring substituents is 1. The van der Waals surface area contributed by atoms with Crippen LogP contribution < -0.4 is 14.8 Å². The lowest BCUT2D eigenvalue weighted by Gasteiger charge is -2.15. The highest BCUT2D eigenvalue weighted by Crippen LogP contribution is 2.29. The maximum absolute atomic E-state index is 13.9. The Morgan fingerprint density at radius 3 is 2.43 bits per heavy atom. The molecule has 0 aliphatic heterocycles. The Bertz CT molecular complexity index is 917. The van der Waals surface area contributed by atoms with Crippen molar-refractivity contribution in [1.29, 1.82) is 0 Å². The summed E-state index contributed by atoms with van der Waals surface area (Å²) in [4.78, 5) is 34.5. The van der Waals surface area contributed by atoms with Gasteiger partial charge in [0.2, 0.25) is 0 Å². The minimum atomic E-state index is -1.27. The van der Waals surface area contributed by atoms with Crippen molar-refractivity contribution in [1.82, 2.24) is 0 Å². The minimum absolute atomic E-state index is 0.0577. The summed E-state index contributed by atoms with van der Waals surface area (Å²) in [6.45, 7) is 1.30. The number of rotatable bonds is 7. The zero-order chi connectivity index (χ0) is 20.8. The van der Waals surface area contributed by atoms with E-state index in [1.807, 2.05) is 0 Å². The maximum Gasteiger partial charge on any atom is 0.341 e. The van der Waals surface area contributed by atoms with Crippen LogP contribution in [0.15, 0.2) is 36.4 Å². The zero-order valence-corrected chi connectivity index (χ0v) is 15.2. The van der Waals surface area contributed by atoms with E-state index in [0.29, 0.717) is 0 Å². The van der Waals surface area contributed by atoms with Crippen LogP contribution in [0.3, 0.4) is 0 Å². The Balaban J connectivity index is 2.09. The second-order valence-corrected chi connectivity index (χ2v) is 5.52. The van der Waals surface area contributed by atoms with Gasteiger partial charge in [0.15, 0.2) is 6.10 Å². The highest BCUT2D eigenvalue weighted by atomic mass is 19.1. The summed E-state index contributed by atoms with van der Waals surface area (Å²) >= 11 is 0. The molecule has 2 rings (SSSR count). The Morgan fingerprint density at radius 1 is 1.14 bits per heavy atom. The average molecular weight is 392 g/mol. The first-order valence-corrected chi connectivity index (χ1v) is 7.94. The molecule has 0 saturated heterocycles. The first-order chi connectivity index (χ1) is 13.3.